The predicted octanol–water partition coefficient (Wildman–Crippen LogP) is 2.74. The van der Waals surface area contributed by atoms with Crippen LogP contribution in [0.5, 0.6) is 5.75 Å². The van der Waals surface area contributed by atoms with Gasteiger partial charge in [0, 0.05) is 0 Å². The number of carbonyl (C=O) groups excluding carboxylic acids is 2. The largest absolute Gasteiger partial charge is 0.508 e. The zero-order valence-corrected chi connectivity index (χ0v) is 13.3. The predicted molar refractivity (Wildman–Crippen MR) is 87.6 cm³/mol. The van der Waals surface area contributed by atoms with Crippen molar-refractivity contribution in [3.8, 4) is 5.75 Å². The molecule has 7 nitrogen and oxygen atoms in total. The summed E-state index contributed by atoms with van der Waals surface area (Å²) in [7, 11) is 1.29. The Hall–Kier alpha value is -3.06. The first kappa shape index (κ1) is 17.3. The molecule has 0 aromatic heterocycles. The van der Waals surface area contributed by atoms with Crippen molar-refractivity contribution >= 4 is 17.7 Å². The van der Waals surface area contributed by atoms with Gasteiger partial charge in [-0.3, -0.25) is 14.9 Å². The number of benzene rings is 2. The van der Waals surface area contributed by atoms with Crippen molar-refractivity contribution in [2.45, 2.75) is 13.5 Å². The van der Waals surface area contributed by atoms with Crippen LogP contribution in [0.2, 0.25) is 0 Å². The first-order chi connectivity index (χ1) is 11.5. The Morgan fingerprint density at radius 1 is 1.17 bits per heavy atom. The molecule has 0 spiro atoms. The number of nitrogens with one attached hydrogen (secondary N) is 2. The molecule has 0 saturated carbocycles. The van der Waals surface area contributed by atoms with Crippen LogP contribution in [0.25, 0.3) is 0 Å². The fraction of sp³-hybridized carbons (Fsp3) is 0.176. The zero-order valence-electron chi connectivity index (χ0n) is 13.3. The van der Waals surface area contributed by atoms with Crippen LogP contribution in [0.1, 0.15) is 21.5 Å². The van der Waals surface area contributed by atoms with Crippen LogP contribution in [0.15, 0.2) is 42.5 Å². The van der Waals surface area contributed by atoms with Crippen LogP contribution in [0.3, 0.4) is 0 Å². The summed E-state index contributed by atoms with van der Waals surface area (Å²) in [6.45, 7) is 1.75. The minimum Gasteiger partial charge on any atom is -0.508 e. The van der Waals surface area contributed by atoms with Crippen LogP contribution in [-0.2, 0) is 16.2 Å². The molecule has 0 saturated heterocycles. The number of carbonyl (C=O) groups is 2. The number of phenols is 1. The van der Waals surface area contributed by atoms with E-state index >= 15 is 0 Å². The molecule has 0 atom stereocenters. The van der Waals surface area contributed by atoms with E-state index in [1.165, 1.54) is 19.2 Å². The second-order valence-corrected chi connectivity index (χ2v) is 5.01. The van der Waals surface area contributed by atoms with Gasteiger partial charge >= 0.3 is 6.09 Å². The molecule has 0 aliphatic carbocycles. The number of hydroxylamine groups is 1. The topological polar surface area (TPSA) is 96.9 Å². The summed E-state index contributed by atoms with van der Waals surface area (Å²) in [5.41, 5.74) is 3.79. The molecule has 0 bridgehead atoms. The number of anilines is 1. The SMILES string of the molecule is CONC(=O)c1cc(O)cc(C)c1NC(=O)OCc1ccccc1. The van der Waals surface area contributed by atoms with Crippen molar-refractivity contribution in [3.63, 3.8) is 0 Å². The Morgan fingerprint density at radius 2 is 1.88 bits per heavy atom. The number of hydrogen-bond donors (Lipinski definition) is 3. The Bertz CT molecular complexity index is 731. The molecule has 2 aromatic carbocycles. The number of hydrogen-bond acceptors (Lipinski definition) is 5. The van der Waals surface area contributed by atoms with Gasteiger partial charge in [0.15, 0.2) is 0 Å². The molecule has 2 amide bonds. The molecule has 24 heavy (non-hydrogen) atoms. The molecule has 3 N–H and O–H groups in total. The second kappa shape index (κ2) is 7.98. The highest BCUT2D eigenvalue weighted by atomic mass is 16.6. The minimum atomic E-state index is -0.709. The van der Waals surface area contributed by atoms with Gasteiger partial charge in [-0.05, 0) is 30.2 Å². The highest BCUT2D eigenvalue weighted by molar-refractivity contribution is 6.03. The number of phenolic OH excluding ortho intramolecular Hbond substituents is 1. The van der Waals surface area contributed by atoms with E-state index in [0.29, 0.717) is 5.56 Å². The maximum Gasteiger partial charge on any atom is 0.411 e. The summed E-state index contributed by atoms with van der Waals surface area (Å²) < 4.78 is 5.14. The lowest BCUT2D eigenvalue weighted by atomic mass is 10.1. The summed E-state index contributed by atoms with van der Waals surface area (Å²) in [4.78, 5) is 28.6. The molecule has 0 aliphatic rings. The molecule has 2 aromatic rings. The molecule has 0 aliphatic heterocycles. The molecule has 0 unspecified atom stereocenters. The monoisotopic (exact) mass is 330 g/mol. The Kier molecular flexibility index (Phi) is 5.75. The van der Waals surface area contributed by atoms with Gasteiger partial charge in [0.2, 0.25) is 0 Å². The van der Waals surface area contributed by atoms with E-state index in [-0.39, 0.29) is 23.6 Å². The van der Waals surface area contributed by atoms with Gasteiger partial charge in [0.1, 0.15) is 12.4 Å². The standard InChI is InChI=1S/C17H18N2O5/c1-11-8-13(20)9-14(16(21)19-23-2)15(11)18-17(22)24-10-12-6-4-3-5-7-12/h3-9,20H,10H2,1-2H3,(H,18,22)(H,19,21). The van der Waals surface area contributed by atoms with E-state index < -0.39 is 12.0 Å². The molecular weight excluding hydrogens is 312 g/mol. The van der Waals surface area contributed by atoms with Crippen molar-refractivity contribution in [1.29, 1.82) is 0 Å². The molecule has 2 rings (SSSR count). The first-order valence-electron chi connectivity index (χ1n) is 7.16. The first-order valence-corrected chi connectivity index (χ1v) is 7.16. The summed E-state index contributed by atoms with van der Waals surface area (Å²) in [5.74, 6) is -0.702. The third-order valence-corrected chi connectivity index (χ3v) is 3.20. The Labute approximate surface area is 139 Å². The van der Waals surface area contributed by atoms with Crippen molar-refractivity contribution < 1.29 is 24.3 Å². The Balaban J connectivity index is 2.13. The van der Waals surface area contributed by atoms with E-state index in [1.807, 2.05) is 30.3 Å². The third-order valence-electron chi connectivity index (χ3n) is 3.20. The summed E-state index contributed by atoms with van der Waals surface area (Å²) >= 11 is 0. The number of ether oxygens (including phenoxy) is 1. The van der Waals surface area contributed by atoms with E-state index in [1.54, 1.807) is 6.92 Å². The van der Waals surface area contributed by atoms with Crippen LogP contribution in [-0.4, -0.2) is 24.2 Å². The smallest absolute Gasteiger partial charge is 0.411 e. The normalized spacial score (nSPS) is 10.1. The van der Waals surface area contributed by atoms with Crippen molar-refractivity contribution in [2.75, 3.05) is 12.4 Å². The van der Waals surface area contributed by atoms with E-state index in [2.05, 4.69) is 15.6 Å². The number of amides is 2. The van der Waals surface area contributed by atoms with Crippen LogP contribution >= 0.6 is 0 Å². The molecule has 126 valence electrons. The average Bonchev–Trinajstić information content (AvgIpc) is 2.56. The molecule has 0 radical (unpaired) electrons. The zero-order chi connectivity index (χ0) is 17.5. The average molecular weight is 330 g/mol. The van der Waals surface area contributed by atoms with E-state index in [9.17, 15) is 14.7 Å². The van der Waals surface area contributed by atoms with Gasteiger partial charge in [-0.15, -0.1) is 0 Å². The van der Waals surface area contributed by atoms with Crippen LogP contribution in [0.4, 0.5) is 10.5 Å². The van der Waals surface area contributed by atoms with Gasteiger partial charge < -0.3 is 9.84 Å². The highest BCUT2D eigenvalue weighted by Crippen LogP contribution is 2.26. The van der Waals surface area contributed by atoms with E-state index in [4.69, 9.17) is 4.74 Å². The van der Waals surface area contributed by atoms with Crippen molar-refractivity contribution in [2.24, 2.45) is 0 Å². The lowest BCUT2D eigenvalue weighted by Crippen LogP contribution is -2.25. The van der Waals surface area contributed by atoms with Gasteiger partial charge in [-0.25, -0.2) is 10.3 Å². The Morgan fingerprint density at radius 3 is 2.54 bits per heavy atom. The van der Waals surface area contributed by atoms with Crippen LogP contribution < -0.4 is 10.8 Å². The third kappa shape index (κ3) is 4.47. The summed E-state index contributed by atoms with van der Waals surface area (Å²) in [6, 6.07) is 11.9. The highest BCUT2D eigenvalue weighted by Gasteiger charge is 2.18. The fourth-order valence-corrected chi connectivity index (χ4v) is 2.12. The van der Waals surface area contributed by atoms with Crippen molar-refractivity contribution in [3.05, 3.63) is 59.2 Å². The minimum absolute atomic E-state index is 0.0611. The summed E-state index contributed by atoms with van der Waals surface area (Å²) in [5, 5.41) is 12.2. The van der Waals surface area contributed by atoms with Gasteiger partial charge in [-0.1, -0.05) is 30.3 Å². The lowest BCUT2D eigenvalue weighted by Gasteiger charge is -2.14. The quantitative estimate of drug-likeness (QED) is 0.578. The maximum absolute atomic E-state index is 12.0. The number of rotatable bonds is 5. The fourth-order valence-electron chi connectivity index (χ4n) is 2.12. The van der Waals surface area contributed by atoms with Gasteiger partial charge in [-0.2, -0.15) is 0 Å². The number of aryl methyl sites for hydroxylation is 1. The molecule has 0 fully saturated rings. The molecule has 7 heteroatoms. The number of aromatic hydroxyl groups is 1. The second-order valence-electron chi connectivity index (χ2n) is 5.01. The van der Waals surface area contributed by atoms with Crippen molar-refractivity contribution in [1.82, 2.24) is 5.48 Å². The lowest BCUT2D eigenvalue weighted by molar-refractivity contribution is 0.0538. The van der Waals surface area contributed by atoms with Gasteiger partial charge in [0.25, 0.3) is 5.91 Å². The van der Waals surface area contributed by atoms with Crippen LogP contribution in [0, 0.1) is 6.92 Å². The van der Waals surface area contributed by atoms with Gasteiger partial charge in [0.05, 0.1) is 18.4 Å². The summed E-state index contributed by atoms with van der Waals surface area (Å²) in [6.07, 6.45) is -0.709. The molecule has 0 heterocycles. The molecular formula is C17H18N2O5. The van der Waals surface area contributed by atoms with E-state index in [0.717, 1.165) is 5.56 Å². The maximum atomic E-state index is 12.0.